The second-order valence-corrected chi connectivity index (χ2v) is 8.56. The lowest BCUT2D eigenvalue weighted by Gasteiger charge is -2.26. The Morgan fingerprint density at radius 1 is 0.767 bits per heavy atom. The second kappa shape index (κ2) is 7.91. The molecule has 160 valence electrons. The van der Waals surface area contributed by atoms with Crippen molar-refractivity contribution >= 4 is 67.5 Å². The van der Waals surface area contributed by atoms with Gasteiger partial charge >= 0.3 is 18.3 Å². The number of pyridine rings is 1. The molecule has 0 radical (unpaired) electrons. The number of aromatic nitrogens is 1. The first-order valence-electron chi connectivity index (χ1n) is 7.90. The molecule has 0 amide bonds. The van der Waals surface area contributed by atoms with Crippen LogP contribution in [0.2, 0.25) is 0 Å². The molecular formula is C18H8F8I2N2. The van der Waals surface area contributed by atoms with Crippen molar-refractivity contribution in [1.82, 2.24) is 4.98 Å². The molecule has 3 rings (SSSR count). The topological polar surface area (TPSA) is 24.9 Å². The van der Waals surface area contributed by atoms with Crippen molar-refractivity contribution in [1.29, 1.82) is 0 Å². The zero-order chi connectivity index (χ0) is 22.5. The average Bonchev–Trinajstić information content (AvgIpc) is 2.61. The number of hydrogen-bond acceptors (Lipinski definition) is 2. The number of halogens is 10. The van der Waals surface area contributed by atoms with E-state index < -0.39 is 40.7 Å². The van der Waals surface area contributed by atoms with E-state index >= 15 is 0 Å². The summed E-state index contributed by atoms with van der Waals surface area (Å²) in [6, 6.07) is 9.48. The molecule has 0 saturated carbocycles. The third-order valence-corrected chi connectivity index (χ3v) is 5.39. The standard InChI is InChI=1S/C18H8F8I2N2/c19-16(20,18(24,25)26)15-13(17(21,22)23)14(29-10-4-1-8(27)2-5-10)11-7-9(28)3-6-12(11)30-15/h1-7H,(H,29,30). The molecule has 0 saturated heterocycles. The van der Waals surface area contributed by atoms with E-state index in [9.17, 15) is 35.1 Å². The Morgan fingerprint density at radius 2 is 1.33 bits per heavy atom. The first-order chi connectivity index (χ1) is 13.7. The molecular weight excluding hydrogens is 650 g/mol. The lowest BCUT2D eigenvalue weighted by Crippen LogP contribution is -2.37. The van der Waals surface area contributed by atoms with Crippen molar-refractivity contribution in [3.63, 3.8) is 0 Å². The van der Waals surface area contributed by atoms with Gasteiger partial charge in [0.25, 0.3) is 0 Å². The number of nitrogens with zero attached hydrogens (tertiary/aromatic N) is 1. The first kappa shape index (κ1) is 23.2. The van der Waals surface area contributed by atoms with E-state index in [0.717, 1.165) is 9.64 Å². The maximum Gasteiger partial charge on any atom is 0.459 e. The molecule has 12 heteroatoms. The normalized spacial score (nSPS) is 13.0. The Hall–Kier alpha value is -1.45. The van der Waals surface area contributed by atoms with Gasteiger partial charge in [-0.25, -0.2) is 4.98 Å². The smallest absolute Gasteiger partial charge is 0.354 e. The largest absolute Gasteiger partial charge is 0.459 e. The van der Waals surface area contributed by atoms with Crippen LogP contribution in [0.4, 0.5) is 46.5 Å². The second-order valence-electron chi connectivity index (χ2n) is 6.07. The van der Waals surface area contributed by atoms with E-state index in [1.54, 1.807) is 22.6 Å². The Balaban J connectivity index is 2.43. The Morgan fingerprint density at radius 3 is 1.87 bits per heavy atom. The van der Waals surface area contributed by atoms with Crippen LogP contribution >= 0.6 is 45.2 Å². The molecule has 0 unspecified atom stereocenters. The number of benzene rings is 2. The van der Waals surface area contributed by atoms with E-state index in [-0.39, 0.29) is 11.1 Å². The van der Waals surface area contributed by atoms with Crippen molar-refractivity contribution in [3.8, 4) is 0 Å². The van der Waals surface area contributed by atoms with Gasteiger partial charge in [0.2, 0.25) is 0 Å². The van der Waals surface area contributed by atoms with Crippen LogP contribution in [0, 0.1) is 7.14 Å². The highest BCUT2D eigenvalue weighted by Crippen LogP contribution is 2.51. The van der Waals surface area contributed by atoms with E-state index in [1.807, 2.05) is 22.6 Å². The summed E-state index contributed by atoms with van der Waals surface area (Å²) in [5.41, 5.74) is -5.85. The van der Waals surface area contributed by atoms with Gasteiger partial charge in [-0.3, -0.25) is 0 Å². The molecule has 0 aliphatic heterocycles. The SMILES string of the molecule is FC(F)(F)c1c(C(F)(F)C(F)(F)F)nc2ccc(I)cc2c1Nc1ccc(I)cc1. The Labute approximate surface area is 191 Å². The lowest BCUT2D eigenvalue weighted by molar-refractivity contribution is -0.292. The third-order valence-electron chi connectivity index (χ3n) is 4.00. The fourth-order valence-electron chi connectivity index (χ4n) is 2.68. The number of hydrogen-bond donors (Lipinski definition) is 1. The molecule has 0 fully saturated rings. The Kier molecular flexibility index (Phi) is 6.12. The summed E-state index contributed by atoms with van der Waals surface area (Å²) in [6.45, 7) is 0. The van der Waals surface area contributed by atoms with Gasteiger partial charge in [0, 0.05) is 18.2 Å². The molecule has 2 nitrogen and oxygen atoms in total. The number of alkyl halides is 8. The van der Waals surface area contributed by atoms with Gasteiger partial charge in [-0.2, -0.15) is 35.1 Å². The lowest BCUT2D eigenvalue weighted by atomic mass is 10.0. The minimum absolute atomic E-state index is 0.0774. The molecule has 30 heavy (non-hydrogen) atoms. The van der Waals surface area contributed by atoms with Crippen LogP contribution in [0.25, 0.3) is 10.9 Å². The zero-order valence-corrected chi connectivity index (χ0v) is 18.6. The number of nitrogens with one attached hydrogen (secondary N) is 1. The molecule has 0 bridgehead atoms. The molecule has 3 aromatic rings. The minimum atomic E-state index is -6.27. The zero-order valence-electron chi connectivity index (χ0n) is 14.3. The van der Waals surface area contributed by atoms with Crippen molar-refractivity contribution in [3.05, 3.63) is 60.9 Å². The van der Waals surface area contributed by atoms with Gasteiger partial charge in [0.1, 0.15) is 11.3 Å². The van der Waals surface area contributed by atoms with Crippen LogP contribution in [-0.2, 0) is 12.1 Å². The number of fused-ring (bicyclic) bond motifs is 1. The van der Waals surface area contributed by atoms with Gasteiger partial charge in [0.05, 0.1) is 11.2 Å². The van der Waals surface area contributed by atoms with Crippen LogP contribution in [0.5, 0.6) is 0 Å². The maximum absolute atomic E-state index is 14.1. The van der Waals surface area contributed by atoms with Gasteiger partial charge in [-0.05, 0) is 87.6 Å². The first-order valence-corrected chi connectivity index (χ1v) is 10.1. The summed E-state index contributed by atoms with van der Waals surface area (Å²) in [7, 11) is 0. The highest BCUT2D eigenvalue weighted by molar-refractivity contribution is 14.1. The summed E-state index contributed by atoms with van der Waals surface area (Å²) in [4.78, 5) is 3.10. The fourth-order valence-corrected chi connectivity index (χ4v) is 3.53. The van der Waals surface area contributed by atoms with Crippen LogP contribution in [0.1, 0.15) is 11.3 Å². The molecule has 0 atom stereocenters. The molecule has 1 aromatic heterocycles. The number of rotatable bonds is 3. The summed E-state index contributed by atoms with van der Waals surface area (Å²) < 4.78 is 110. The molecule has 0 aliphatic carbocycles. The highest BCUT2D eigenvalue weighted by atomic mass is 127. The van der Waals surface area contributed by atoms with Crippen molar-refractivity contribution in [2.45, 2.75) is 18.3 Å². The predicted octanol–water partition coefficient (Wildman–Crippen LogP) is 7.86. The summed E-state index contributed by atoms with van der Waals surface area (Å²) in [5.74, 6) is -5.82. The monoisotopic (exact) mass is 658 g/mol. The van der Waals surface area contributed by atoms with E-state index in [1.165, 1.54) is 36.4 Å². The quantitative estimate of drug-likeness (QED) is 0.229. The van der Waals surface area contributed by atoms with Crippen LogP contribution in [0.15, 0.2) is 42.5 Å². The summed E-state index contributed by atoms with van der Waals surface area (Å²) in [5, 5.41) is 2.13. The molecule has 1 heterocycles. The fraction of sp³-hybridized carbons (Fsp3) is 0.167. The van der Waals surface area contributed by atoms with Gasteiger partial charge in [-0.1, -0.05) is 0 Å². The predicted molar refractivity (Wildman–Crippen MR) is 112 cm³/mol. The van der Waals surface area contributed by atoms with E-state index in [4.69, 9.17) is 0 Å². The highest BCUT2D eigenvalue weighted by Gasteiger charge is 2.63. The molecule has 0 spiro atoms. The number of anilines is 2. The van der Waals surface area contributed by atoms with Crippen molar-refractivity contribution < 1.29 is 35.1 Å². The van der Waals surface area contributed by atoms with Gasteiger partial charge in [0.15, 0.2) is 0 Å². The summed E-state index contributed by atoms with van der Waals surface area (Å²) >= 11 is 3.73. The van der Waals surface area contributed by atoms with Crippen LogP contribution in [0.3, 0.4) is 0 Å². The van der Waals surface area contributed by atoms with Gasteiger partial charge < -0.3 is 5.32 Å². The van der Waals surface area contributed by atoms with Crippen LogP contribution in [-0.4, -0.2) is 11.2 Å². The molecule has 2 aromatic carbocycles. The molecule has 1 N–H and O–H groups in total. The average molecular weight is 658 g/mol. The minimum Gasteiger partial charge on any atom is -0.354 e. The van der Waals surface area contributed by atoms with E-state index in [2.05, 4.69) is 10.3 Å². The molecule has 0 aliphatic rings. The maximum atomic E-state index is 14.1. The van der Waals surface area contributed by atoms with Crippen molar-refractivity contribution in [2.75, 3.05) is 5.32 Å². The van der Waals surface area contributed by atoms with E-state index in [0.29, 0.717) is 3.57 Å². The van der Waals surface area contributed by atoms with Gasteiger partial charge in [-0.15, -0.1) is 0 Å². The Bertz CT molecular complexity index is 1090. The third kappa shape index (κ3) is 4.43. The summed E-state index contributed by atoms with van der Waals surface area (Å²) in [6.07, 6.45) is -11.8. The van der Waals surface area contributed by atoms with Crippen molar-refractivity contribution in [2.24, 2.45) is 0 Å². The van der Waals surface area contributed by atoms with Crippen LogP contribution < -0.4 is 5.32 Å².